The predicted molar refractivity (Wildman–Crippen MR) is 75.4 cm³/mol. The number of methoxy groups -OCH3 is 1. The van der Waals surface area contributed by atoms with Crippen LogP contribution in [0.5, 0.6) is 5.75 Å². The van der Waals surface area contributed by atoms with E-state index in [9.17, 15) is 9.18 Å². The van der Waals surface area contributed by atoms with Gasteiger partial charge in [-0.1, -0.05) is 6.07 Å². The van der Waals surface area contributed by atoms with Crippen LogP contribution in [0.1, 0.15) is 24.8 Å². The van der Waals surface area contributed by atoms with E-state index < -0.39 is 0 Å². The van der Waals surface area contributed by atoms with Crippen molar-refractivity contribution in [3.8, 4) is 5.75 Å². The number of hydrogen-bond acceptors (Lipinski definition) is 3. The van der Waals surface area contributed by atoms with Crippen LogP contribution >= 0.6 is 0 Å². The van der Waals surface area contributed by atoms with Gasteiger partial charge < -0.3 is 15.4 Å². The summed E-state index contributed by atoms with van der Waals surface area (Å²) in [6.45, 7) is 1.68. The Bertz CT molecular complexity index is 485. The Morgan fingerprint density at radius 3 is 2.70 bits per heavy atom. The Hall–Kier alpha value is -1.62. The van der Waals surface area contributed by atoms with E-state index in [-0.39, 0.29) is 22.9 Å². The molecule has 1 aliphatic heterocycles. The van der Waals surface area contributed by atoms with E-state index in [1.807, 2.05) is 6.07 Å². The van der Waals surface area contributed by atoms with Crippen molar-refractivity contribution >= 4 is 5.91 Å². The second-order valence-electron chi connectivity index (χ2n) is 5.23. The van der Waals surface area contributed by atoms with E-state index in [1.165, 1.54) is 13.2 Å². The number of benzene rings is 1. The van der Waals surface area contributed by atoms with E-state index in [0.717, 1.165) is 31.5 Å². The van der Waals surface area contributed by atoms with E-state index >= 15 is 0 Å². The van der Waals surface area contributed by atoms with Gasteiger partial charge in [0.25, 0.3) is 0 Å². The lowest BCUT2D eigenvalue weighted by molar-refractivity contribution is -0.122. The largest absolute Gasteiger partial charge is 0.494 e. The number of halogens is 1. The van der Waals surface area contributed by atoms with Crippen molar-refractivity contribution in [3.63, 3.8) is 0 Å². The Morgan fingerprint density at radius 2 is 2.15 bits per heavy atom. The number of piperidine rings is 1. The van der Waals surface area contributed by atoms with Crippen molar-refractivity contribution in [2.75, 3.05) is 27.2 Å². The van der Waals surface area contributed by atoms with Crippen LogP contribution in [0.2, 0.25) is 0 Å². The van der Waals surface area contributed by atoms with Crippen molar-refractivity contribution in [2.45, 2.75) is 24.7 Å². The van der Waals surface area contributed by atoms with Gasteiger partial charge in [0, 0.05) is 18.9 Å². The molecule has 2 rings (SSSR count). The molecule has 0 aromatic heterocycles. The van der Waals surface area contributed by atoms with Gasteiger partial charge >= 0.3 is 0 Å². The van der Waals surface area contributed by atoms with Crippen LogP contribution in [0.25, 0.3) is 0 Å². The van der Waals surface area contributed by atoms with Crippen molar-refractivity contribution in [2.24, 2.45) is 0 Å². The van der Waals surface area contributed by atoms with E-state index in [1.54, 1.807) is 13.1 Å². The highest BCUT2D eigenvalue weighted by Crippen LogP contribution is 2.38. The van der Waals surface area contributed by atoms with Crippen LogP contribution in [-0.2, 0) is 10.2 Å². The van der Waals surface area contributed by atoms with Gasteiger partial charge in [0.05, 0.1) is 7.11 Å². The summed E-state index contributed by atoms with van der Waals surface area (Å²) in [5.74, 6) is -0.152. The standard InChI is InChI=1S/C15H21FN2O2/c1-17-14(19)10-15(5-7-18-8-6-15)11-3-4-13(20-2)12(16)9-11/h3-4,9,18H,5-8,10H2,1-2H3,(H,17,19). The first kappa shape index (κ1) is 14.8. The third kappa shape index (κ3) is 2.93. The summed E-state index contributed by atoms with van der Waals surface area (Å²) < 4.78 is 18.9. The van der Waals surface area contributed by atoms with E-state index in [4.69, 9.17) is 4.74 Å². The molecular weight excluding hydrogens is 259 g/mol. The predicted octanol–water partition coefficient (Wildman–Crippen LogP) is 1.59. The third-order valence-electron chi connectivity index (χ3n) is 4.10. The SMILES string of the molecule is CNC(=O)CC1(c2ccc(OC)c(F)c2)CCNCC1. The lowest BCUT2D eigenvalue weighted by atomic mass is 9.70. The molecule has 1 aromatic rings. The van der Waals surface area contributed by atoms with Crippen LogP contribution in [0, 0.1) is 5.82 Å². The van der Waals surface area contributed by atoms with Crippen molar-refractivity contribution in [1.82, 2.24) is 10.6 Å². The highest BCUT2D eigenvalue weighted by Gasteiger charge is 2.36. The number of hydrogen-bond donors (Lipinski definition) is 2. The first-order valence-electron chi connectivity index (χ1n) is 6.86. The minimum absolute atomic E-state index is 0.0110. The lowest BCUT2D eigenvalue weighted by Crippen LogP contribution is -2.43. The molecule has 1 fully saturated rings. The molecule has 5 heteroatoms. The van der Waals surface area contributed by atoms with Gasteiger partial charge in [0.1, 0.15) is 0 Å². The highest BCUT2D eigenvalue weighted by molar-refractivity contribution is 5.77. The van der Waals surface area contributed by atoms with Crippen molar-refractivity contribution < 1.29 is 13.9 Å². The Morgan fingerprint density at radius 1 is 1.45 bits per heavy atom. The molecule has 2 N–H and O–H groups in total. The summed E-state index contributed by atoms with van der Waals surface area (Å²) in [5, 5.41) is 5.95. The number of rotatable bonds is 4. The molecule has 0 saturated carbocycles. The molecule has 4 nitrogen and oxygen atoms in total. The fourth-order valence-corrected chi connectivity index (χ4v) is 2.86. The molecule has 110 valence electrons. The maximum atomic E-state index is 14.0. The van der Waals surface area contributed by atoms with Crippen LogP contribution in [0.15, 0.2) is 18.2 Å². The van der Waals surface area contributed by atoms with Crippen LogP contribution < -0.4 is 15.4 Å². The zero-order valence-corrected chi connectivity index (χ0v) is 12.0. The Balaban J connectivity index is 2.35. The van der Waals surface area contributed by atoms with Gasteiger partial charge in [-0.05, 0) is 43.6 Å². The van der Waals surface area contributed by atoms with Crippen molar-refractivity contribution in [3.05, 3.63) is 29.6 Å². The van der Waals surface area contributed by atoms with Gasteiger partial charge in [0.2, 0.25) is 5.91 Å². The molecule has 20 heavy (non-hydrogen) atoms. The smallest absolute Gasteiger partial charge is 0.220 e. The topological polar surface area (TPSA) is 50.4 Å². The summed E-state index contributed by atoms with van der Waals surface area (Å²) in [6, 6.07) is 5.02. The fraction of sp³-hybridized carbons (Fsp3) is 0.533. The number of amides is 1. The van der Waals surface area contributed by atoms with Crippen LogP contribution in [0.3, 0.4) is 0 Å². The average Bonchev–Trinajstić information content (AvgIpc) is 2.48. The zero-order valence-electron chi connectivity index (χ0n) is 12.0. The summed E-state index contributed by atoms with van der Waals surface area (Å²) >= 11 is 0. The van der Waals surface area contributed by atoms with E-state index in [0.29, 0.717) is 6.42 Å². The average molecular weight is 280 g/mol. The number of carbonyl (C=O) groups is 1. The van der Waals surface area contributed by atoms with E-state index in [2.05, 4.69) is 10.6 Å². The molecule has 0 aliphatic carbocycles. The summed E-state index contributed by atoms with van der Waals surface area (Å²) in [6.07, 6.45) is 2.04. The number of nitrogens with one attached hydrogen (secondary N) is 2. The van der Waals surface area contributed by atoms with Gasteiger partial charge in [-0.2, -0.15) is 0 Å². The molecule has 1 saturated heterocycles. The summed E-state index contributed by atoms with van der Waals surface area (Å²) in [5.41, 5.74) is 0.583. The van der Waals surface area contributed by atoms with Crippen molar-refractivity contribution in [1.29, 1.82) is 0 Å². The minimum Gasteiger partial charge on any atom is -0.494 e. The monoisotopic (exact) mass is 280 g/mol. The molecule has 0 atom stereocenters. The maximum Gasteiger partial charge on any atom is 0.220 e. The molecule has 1 amide bonds. The maximum absolute atomic E-state index is 14.0. The molecule has 1 aliphatic rings. The van der Waals surface area contributed by atoms with Gasteiger partial charge in [-0.25, -0.2) is 4.39 Å². The van der Waals surface area contributed by atoms with Gasteiger partial charge in [-0.15, -0.1) is 0 Å². The Kier molecular flexibility index (Phi) is 4.60. The van der Waals surface area contributed by atoms with Gasteiger partial charge in [-0.3, -0.25) is 4.79 Å². The second kappa shape index (κ2) is 6.22. The first-order chi connectivity index (χ1) is 9.61. The minimum atomic E-state index is -0.375. The first-order valence-corrected chi connectivity index (χ1v) is 6.86. The molecule has 0 bridgehead atoms. The highest BCUT2D eigenvalue weighted by atomic mass is 19.1. The number of ether oxygens (including phenoxy) is 1. The fourth-order valence-electron chi connectivity index (χ4n) is 2.86. The van der Waals surface area contributed by atoms with Gasteiger partial charge in [0.15, 0.2) is 11.6 Å². The number of carbonyl (C=O) groups excluding carboxylic acids is 1. The third-order valence-corrected chi connectivity index (χ3v) is 4.10. The zero-order chi connectivity index (χ0) is 14.6. The summed E-state index contributed by atoms with van der Waals surface area (Å²) in [4.78, 5) is 11.8. The van der Waals surface area contributed by atoms with Crippen LogP contribution in [0.4, 0.5) is 4.39 Å². The molecule has 1 aromatic carbocycles. The molecule has 0 unspecified atom stereocenters. The quantitative estimate of drug-likeness (QED) is 0.880. The second-order valence-corrected chi connectivity index (χ2v) is 5.23. The molecular formula is C15H21FN2O2. The molecule has 1 heterocycles. The Labute approximate surface area is 118 Å². The lowest BCUT2D eigenvalue weighted by Gasteiger charge is -2.37. The van der Waals surface area contributed by atoms with Crippen LogP contribution in [-0.4, -0.2) is 33.2 Å². The molecule has 0 radical (unpaired) electrons. The summed E-state index contributed by atoms with van der Waals surface area (Å²) in [7, 11) is 3.08. The molecule has 0 spiro atoms. The normalized spacial score (nSPS) is 17.6.